The molecule has 0 N–H and O–H groups in total. The SMILES string of the molecule is Cc1cc(C)cc(-n2ncc(C#N)c2C(F)(F)F)c1. The topological polar surface area (TPSA) is 41.6 Å². The summed E-state index contributed by atoms with van der Waals surface area (Å²) in [6.45, 7) is 3.58. The van der Waals surface area contributed by atoms with Gasteiger partial charge in [0.25, 0.3) is 0 Å². The third kappa shape index (κ3) is 2.45. The fraction of sp³-hybridized carbons (Fsp3) is 0.231. The molecule has 1 aromatic heterocycles. The monoisotopic (exact) mass is 265 g/mol. The van der Waals surface area contributed by atoms with Crippen molar-refractivity contribution in [2.24, 2.45) is 0 Å². The van der Waals surface area contributed by atoms with Crippen molar-refractivity contribution in [3.05, 3.63) is 46.8 Å². The maximum Gasteiger partial charge on any atom is 0.434 e. The molecule has 6 heteroatoms. The fourth-order valence-electron chi connectivity index (χ4n) is 1.97. The lowest BCUT2D eigenvalue weighted by Gasteiger charge is -2.12. The largest absolute Gasteiger partial charge is 0.434 e. The van der Waals surface area contributed by atoms with Gasteiger partial charge in [-0.2, -0.15) is 23.5 Å². The van der Waals surface area contributed by atoms with E-state index in [1.807, 2.05) is 6.07 Å². The van der Waals surface area contributed by atoms with Crippen molar-refractivity contribution < 1.29 is 13.2 Å². The van der Waals surface area contributed by atoms with Crippen molar-refractivity contribution in [3.63, 3.8) is 0 Å². The van der Waals surface area contributed by atoms with Crippen molar-refractivity contribution in [2.75, 3.05) is 0 Å². The minimum atomic E-state index is -4.63. The van der Waals surface area contributed by atoms with Gasteiger partial charge in [-0.15, -0.1) is 0 Å². The summed E-state index contributed by atoms with van der Waals surface area (Å²) in [6, 6.07) is 6.56. The maximum atomic E-state index is 13.0. The molecule has 0 fully saturated rings. The lowest BCUT2D eigenvalue weighted by molar-refractivity contribution is -0.143. The molecule has 0 amide bonds. The Balaban J connectivity index is 2.70. The third-order valence-corrected chi connectivity index (χ3v) is 2.61. The first-order chi connectivity index (χ1) is 8.82. The van der Waals surface area contributed by atoms with Gasteiger partial charge in [-0.25, -0.2) is 4.68 Å². The molecular formula is C13H10F3N3. The Hall–Kier alpha value is -2.29. The van der Waals surface area contributed by atoms with E-state index in [-0.39, 0.29) is 0 Å². The summed E-state index contributed by atoms with van der Waals surface area (Å²) >= 11 is 0. The zero-order valence-electron chi connectivity index (χ0n) is 10.3. The van der Waals surface area contributed by atoms with Gasteiger partial charge in [0.2, 0.25) is 0 Å². The zero-order valence-corrected chi connectivity index (χ0v) is 10.3. The quantitative estimate of drug-likeness (QED) is 0.793. The van der Waals surface area contributed by atoms with Gasteiger partial charge >= 0.3 is 6.18 Å². The molecule has 2 aromatic rings. The number of hydrogen-bond acceptors (Lipinski definition) is 2. The lowest BCUT2D eigenvalue weighted by Crippen LogP contribution is -2.15. The van der Waals surface area contributed by atoms with Gasteiger partial charge in [0, 0.05) is 0 Å². The second-order valence-corrected chi connectivity index (χ2v) is 4.27. The van der Waals surface area contributed by atoms with Crippen LogP contribution in [0.2, 0.25) is 0 Å². The smallest absolute Gasteiger partial charge is 0.227 e. The normalized spacial score (nSPS) is 11.4. The molecule has 0 bridgehead atoms. The van der Waals surface area contributed by atoms with E-state index in [0.717, 1.165) is 22.0 Å². The van der Waals surface area contributed by atoms with Crippen molar-refractivity contribution in [1.82, 2.24) is 9.78 Å². The van der Waals surface area contributed by atoms with Gasteiger partial charge in [-0.1, -0.05) is 6.07 Å². The van der Waals surface area contributed by atoms with Crippen LogP contribution in [0.25, 0.3) is 5.69 Å². The Morgan fingerprint density at radius 1 is 1.16 bits per heavy atom. The highest BCUT2D eigenvalue weighted by Gasteiger charge is 2.38. The van der Waals surface area contributed by atoms with E-state index in [1.165, 1.54) is 6.07 Å². The first-order valence-corrected chi connectivity index (χ1v) is 5.47. The van der Waals surface area contributed by atoms with Crippen LogP contribution in [0.5, 0.6) is 0 Å². The Morgan fingerprint density at radius 2 is 1.74 bits per heavy atom. The van der Waals surface area contributed by atoms with Gasteiger partial charge in [0.15, 0.2) is 5.69 Å². The highest BCUT2D eigenvalue weighted by molar-refractivity contribution is 5.44. The first kappa shape index (κ1) is 13.1. The molecule has 0 aliphatic rings. The predicted molar refractivity (Wildman–Crippen MR) is 62.8 cm³/mol. The van der Waals surface area contributed by atoms with Crippen LogP contribution >= 0.6 is 0 Å². The number of aryl methyl sites for hydroxylation is 2. The molecule has 0 spiro atoms. The standard InChI is InChI=1S/C13H10F3N3/c1-8-3-9(2)5-11(4-8)19-12(13(14,15)16)10(6-17)7-18-19/h3-5,7H,1-2H3. The molecule has 2 rings (SSSR count). The van der Waals surface area contributed by atoms with Crippen LogP contribution in [0, 0.1) is 25.2 Å². The number of benzene rings is 1. The van der Waals surface area contributed by atoms with E-state index in [4.69, 9.17) is 5.26 Å². The van der Waals surface area contributed by atoms with Crippen molar-refractivity contribution in [2.45, 2.75) is 20.0 Å². The summed E-state index contributed by atoms with van der Waals surface area (Å²) in [5.41, 5.74) is 0.437. The highest BCUT2D eigenvalue weighted by atomic mass is 19.4. The number of halogens is 3. The zero-order chi connectivity index (χ0) is 14.2. The second kappa shape index (κ2) is 4.43. The molecular weight excluding hydrogens is 255 g/mol. The van der Waals surface area contributed by atoms with Crippen molar-refractivity contribution >= 4 is 0 Å². The lowest BCUT2D eigenvalue weighted by atomic mass is 10.1. The minimum Gasteiger partial charge on any atom is -0.227 e. The third-order valence-electron chi connectivity index (χ3n) is 2.61. The van der Waals surface area contributed by atoms with Crippen LogP contribution in [-0.4, -0.2) is 9.78 Å². The Labute approximate surface area is 107 Å². The fourth-order valence-corrected chi connectivity index (χ4v) is 1.97. The number of rotatable bonds is 1. The molecule has 1 heterocycles. The summed E-state index contributed by atoms with van der Waals surface area (Å²) in [6.07, 6.45) is -3.69. The summed E-state index contributed by atoms with van der Waals surface area (Å²) in [7, 11) is 0. The molecule has 3 nitrogen and oxygen atoms in total. The van der Waals surface area contributed by atoms with E-state index in [2.05, 4.69) is 5.10 Å². The van der Waals surface area contributed by atoms with E-state index >= 15 is 0 Å². The Bertz CT molecular complexity index is 642. The van der Waals surface area contributed by atoms with Gasteiger partial charge < -0.3 is 0 Å². The van der Waals surface area contributed by atoms with Crippen molar-refractivity contribution in [3.8, 4) is 11.8 Å². The Kier molecular flexibility index (Phi) is 3.06. The molecule has 1 aromatic carbocycles. The van der Waals surface area contributed by atoms with E-state index in [0.29, 0.717) is 5.69 Å². The minimum absolute atomic E-state index is 0.298. The average Bonchev–Trinajstić information content (AvgIpc) is 2.70. The summed E-state index contributed by atoms with van der Waals surface area (Å²) in [4.78, 5) is 0. The van der Waals surface area contributed by atoms with Crippen molar-refractivity contribution in [1.29, 1.82) is 5.26 Å². The molecule has 0 aliphatic heterocycles. The maximum absolute atomic E-state index is 13.0. The van der Waals surface area contributed by atoms with Crippen LogP contribution in [-0.2, 0) is 6.18 Å². The molecule has 0 saturated heterocycles. The molecule has 98 valence electrons. The average molecular weight is 265 g/mol. The second-order valence-electron chi connectivity index (χ2n) is 4.27. The molecule has 0 radical (unpaired) electrons. The van der Waals surface area contributed by atoms with Gasteiger partial charge in [0.1, 0.15) is 11.6 Å². The number of aromatic nitrogens is 2. The van der Waals surface area contributed by atoms with E-state index < -0.39 is 17.4 Å². The van der Waals surface area contributed by atoms with E-state index in [9.17, 15) is 13.2 Å². The van der Waals surface area contributed by atoms with Crippen LogP contribution < -0.4 is 0 Å². The number of nitrogens with zero attached hydrogens (tertiary/aromatic N) is 3. The molecule has 19 heavy (non-hydrogen) atoms. The number of alkyl halides is 3. The summed E-state index contributed by atoms with van der Waals surface area (Å²) < 4.78 is 39.8. The molecule has 0 aliphatic carbocycles. The molecule has 0 saturated carbocycles. The molecule has 0 atom stereocenters. The van der Waals surface area contributed by atoms with Crippen LogP contribution in [0.4, 0.5) is 13.2 Å². The summed E-state index contributed by atoms with van der Waals surface area (Å²) in [5, 5.41) is 12.4. The molecule has 0 unspecified atom stereocenters. The first-order valence-electron chi connectivity index (χ1n) is 5.47. The Morgan fingerprint density at radius 3 is 2.21 bits per heavy atom. The highest BCUT2D eigenvalue weighted by Crippen LogP contribution is 2.33. The van der Waals surface area contributed by atoms with Crippen LogP contribution in [0.1, 0.15) is 22.4 Å². The van der Waals surface area contributed by atoms with Crippen LogP contribution in [0.15, 0.2) is 24.4 Å². The van der Waals surface area contributed by atoms with Gasteiger partial charge in [-0.05, 0) is 37.1 Å². The van der Waals surface area contributed by atoms with Gasteiger partial charge in [-0.3, -0.25) is 0 Å². The van der Waals surface area contributed by atoms with Crippen LogP contribution in [0.3, 0.4) is 0 Å². The number of nitriles is 1. The number of hydrogen-bond donors (Lipinski definition) is 0. The summed E-state index contributed by atoms with van der Waals surface area (Å²) in [5.74, 6) is 0. The van der Waals surface area contributed by atoms with Gasteiger partial charge in [0.05, 0.1) is 11.9 Å². The van der Waals surface area contributed by atoms with E-state index in [1.54, 1.807) is 26.0 Å². The predicted octanol–water partition coefficient (Wildman–Crippen LogP) is 3.38.